The fourth-order valence-corrected chi connectivity index (χ4v) is 1.63. The highest BCUT2D eigenvalue weighted by Gasteiger charge is 2.03. The highest BCUT2D eigenvalue weighted by atomic mass is 35.5. The van der Waals surface area contributed by atoms with E-state index < -0.39 is 6.09 Å². The number of rotatable bonds is 2. The zero-order chi connectivity index (χ0) is 10.8. The number of aromatic amines is 1. The molecule has 2 aromatic rings. The SMILES string of the molecule is O=C(O)NCc1ccc2[nH]cc(Cl)c2c1. The maximum absolute atomic E-state index is 10.3. The highest BCUT2D eigenvalue weighted by molar-refractivity contribution is 6.35. The Morgan fingerprint density at radius 2 is 2.33 bits per heavy atom. The minimum atomic E-state index is -1.03. The second-order valence-corrected chi connectivity index (χ2v) is 3.58. The number of hydrogen-bond acceptors (Lipinski definition) is 1. The average molecular weight is 225 g/mol. The number of amides is 1. The molecule has 3 N–H and O–H groups in total. The lowest BCUT2D eigenvalue weighted by molar-refractivity contribution is 0.194. The van der Waals surface area contributed by atoms with E-state index in [1.165, 1.54) is 0 Å². The number of carboxylic acid groups (broad SMARTS) is 1. The quantitative estimate of drug-likeness (QED) is 0.734. The molecule has 1 aromatic carbocycles. The Bertz CT molecular complexity index is 507. The molecule has 0 saturated carbocycles. The molecule has 0 atom stereocenters. The van der Waals surface area contributed by atoms with Crippen LogP contribution in [0.15, 0.2) is 24.4 Å². The first-order valence-electron chi connectivity index (χ1n) is 4.39. The Hall–Kier alpha value is -1.68. The standard InChI is InChI=1S/C10H9ClN2O2/c11-8-5-12-9-2-1-6(3-7(8)9)4-13-10(14)15/h1-3,5,12-13H,4H2,(H,14,15). The van der Waals surface area contributed by atoms with Gasteiger partial charge in [0, 0.05) is 23.6 Å². The predicted octanol–water partition coefficient (Wildman–Crippen LogP) is 2.59. The molecule has 5 heteroatoms. The summed E-state index contributed by atoms with van der Waals surface area (Å²) >= 11 is 5.94. The van der Waals surface area contributed by atoms with E-state index in [1.54, 1.807) is 6.20 Å². The summed E-state index contributed by atoms with van der Waals surface area (Å²) in [5, 5.41) is 12.3. The van der Waals surface area contributed by atoms with Gasteiger partial charge in [0.1, 0.15) is 0 Å². The van der Waals surface area contributed by atoms with Crippen molar-refractivity contribution in [1.82, 2.24) is 10.3 Å². The molecule has 0 aliphatic heterocycles. The smallest absolute Gasteiger partial charge is 0.404 e. The van der Waals surface area contributed by atoms with Gasteiger partial charge in [-0.2, -0.15) is 0 Å². The number of fused-ring (bicyclic) bond motifs is 1. The van der Waals surface area contributed by atoms with Gasteiger partial charge in [-0.15, -0.1) is 0 Å². The second-order valence-electron chi connectivity index (χ2n) is 3.18. The van der Waals surface area contributed by atoms with Gasteiger partial charge in [0.15, 0.2) is 0 Å². The first-order valence-corrected chi connectivity index (χ1v) is 4.77. The van der Waals surface area contributed by atoms with Crippen LogP contribution in [0.25, 0.3) is 10.9 Å². The molecule has 15 heavy (non-hydrogen) atoms. The third-order valence-corrected chi connectivity index (χ3v) is 2.45. The second kappa shape index (κ2) is 3.82. The number of nitrogens with one attached hydrogen (secondary N) is 2. The molecule has 0 unspecified atom stereocenters. The molecule has 0 fully saturated rings. The molecule has 0 spiro atoms. The van der Waals surface area contributed by atoms with Crippen LogP contribution in [0.4, 0.5) is 4.79 Å². The monoisotopic (exact) mass is 224 g/mol. The third kappa shape index (κ3) is 2.05. The normalized spacial score (nSPS) is 10.5. The topological polar surface area (TPSA) is 65.1 Å². The minimum absolute atomic E-state index is 0.285. The van der Waals surface area contributed by atoms with Gasteiger partial charge >= 0.3 is 6.09 Å². The molecule has 0 aliphatic rings. The third-order valence-electron chi connectivity index (χ3n) is 2.14. The van der Waals surface area contributed by atoms with E-state index in [2.05, 4.69) is 10.3 Å². The van der Waals surface area contributed by atoms with Crippen molar-refractivity contribution in [1.29, 1.82) is 0 Å². The van der Waals surface area contributed by atoms with E-state index in [0.29, 0.717) is 5.02 Å². The average Bonchev–Trinajstić information content (AvgIpc) is 2.57. The van der Waals surface area contributed by atoms with Crippen molar-refractivity contribution in [3.8, 4) is 0 Å². The van der Waals surface area contributed by atoms with Crippen molar-refractivity contribution >= 4 is 28.6 Å². The zero-order valence-corrected chi connectivity index (χ0v) is 8.51. The molecular weight excluding hydrogens is 216 g/mol. The molecular formula is C10H9ClN2O2. The van der Waals surface area contributed by atoms with Gasteiger partial charge in [0.25, 0.3) is 0 Å². The van der Waals surface area contributed by atoms with E-state index in [4.69, 9.17) is 16.7 Å². The van der Waals surface area contributed by atoms with Crippen LogP contribution in [0.5, 0.6) is 0 Å². The molecule has 4 nitrogen and oxygen atoms in total. The lowest BCUT2D eigenvalue weighted by Crippen LogP contribution is -2.19. The van der Waals surface area contributed by atoms with Crippen molar-refractivity contribution in [3.63, 3.8) is 0 Å². The van der Waals surface area contributed by atoms with E-state index in [0.717, 1.165) is 16.5 Å². The molecule has 0 radical (unpaired) electrons. The molecule has 0 bridgehead atoms. The van der Waals surface area contributed by atoms with E-state index in [1.807, 2.05) is 18.2 Å². The summed E-state index contributed by atoms with van der Waals surface area (Å²) in [4.78, 5) is 13.3. The summed E-state index contributed by atoms with van der Waals surface area (Å²) in [7, 11) is 0. The van der Waals surface area contributed by atoms with Gasteiger partial charge < -0.3 is 15.4 Å². The van der Waals surface area contributed by atoms with Crippen LogP contribution in [0, 0.1) is 0 Å². The highest BCUT2D eigenvalue weighted by Crippen LogP contribution is 2.23. The summed E-state index contributed by atoms with van der Waals surface area (Å²) < 4.78 is 0. The molecule has 0 saturated heterocycles. The van der Waals surface area contributed by atoms with Crippen molar-refractivity contribution in [2.75, 3.05) is 0 Å². The van der Waals surface area contributed by atoms with Crippen molar-refractivity contribution < 1.29 is 9.90 Å². The number of H-pyrrole nitrogens is 1. The van der Waals surface area contributed by atoms with Gasteiger partial charge in [0.2, 0.25) is 0 Å². The molecule has 0 aliphatic carbocycles. The Balaban J connectivity index is 2.29. The predicted molar refractivity (Wildman–Crippen MR) is 58.2 cm³/mol. The molecule has 1 aromatic heterocycles. The van der Waals surface area contributed by atoms with Crippen LogP contribution in [-0.2, 0) is 6.54 Å². The van der Waals surface area contributed by atoms with Crippen LogP contribution < -0.4 is 5.32 Å². The lowest BCUT2D eigenvalue weighted by atomic mass is 10.1. The van der Waals surface area contributed by atoms with Gasteiger partial charge in [-0.25, -0.2) is 4.79 Å². The van der Waals surface area contributed by atoms with Crippen molar-refractivity contribution in [2.24, 2.45) is 0 Å². The maximum atomic E-state index is 10.3. The summed E-state index contributed by atoms with van der Waals surface area (Å²) in [5.74, 6) is 0. The summed E-state index contributed by atoms with van der Waals surface area (Å²) in [6.07, 6.45) is 0.677. The summed E-state index contributed by atoms with van der Waals surface area (Å²) in [6.45, 7) is 0.285. The summed E-state index contributed by atoms with van der Waals surface area (Å²) in [5.41, 5.74) is 1.82. The van der Waals surface area contributed by atoms with Crippen LogP contribution in [0.3, 0.4) is 0 Å². The first-order chi connectivity index (χ1) is 7.16. The minimum Gasteiger partial charge on any atom is -0.465 e. The molecule has 1 heterocycles. The van der Waals surface area contributed by atoms with Gasteiger partial charge in [-0.05, 0) is 17.7 Å². The van der Waals surface area contributed by atoms with E-state index in [9.17, 15) is 4.79 Å². The van der Waals surface area contributed by atoms with Crippen LogP contribution in [0.2, 0.25) is 5.02 Å². The number of aromatic nitrogens is 1. The Morgan fingerprint density at radius 1 is 1.53 bits per heavy atom. The van der Waals surface area contributed by atoms with Gasteiger partial charge in [-0.3, -0.25) is 0 Å². The number of hydrogen-bond donors (Lipinski definition) is 3. The number of carbonyl (C=O) groups is 1. The zero-order valence-electron chi connectivity index (χ0n) is 7.75. The lowest BCUT2D eigenvalue weighted by Gasteiger charge is -2.01. The fourth-order valence-electron chi connectivity index (χ4n) is 1.42. The van der Waals surface area contributed by atoms with E-state index in [-0.39, 0.29) is 6.54 Å². The molecule has 78 valence electrons. The van der Waals surface area contributed by atoms with Crippen LogP contribution in [0.1, 0.15) is 5.56 Å². The Labute approximate surface area is 90.9 Å². The maximum Gasteiger partial charge on any atom is 0.404 e. The number of benzene rings is 1. The molecule has 2 rings (SSSR count). The largest absolute Gasteiger partial charge is 0.465 e. The van der Waals surface area contributed by atoms with Crippen LogP contribution >= 0.6 is 11.6 Å². The molecule has 1 amide bonds. The van der Waals surface area contributed by atoms with E-state index >= 15 is 0 Å². The Morgan fingerprint density at radius 3 is 3.07 bits per heavy atom. The van der Waals surface area contributed by atoms with Crippen molar-refractivity contribution in [3.05, 3.63) is 35.0 Å². The van der Waals surface area contributed by atoms with Gasteiger partial charge in [-0.1, -0.05) is 17.7 Å². The van der Waals surface area contributed by atoms with Crippen molar-refractivity contribution in [2.45, 2.75) is 6.54 Å². The van der Waals surface area contributed by atoms with Gasteiger partial charge in [0.05, 0.1) is 5.02 Å². The number of halogens is 1. The first kappa shape index (κ1) is 9.86. The fraction of sp³-hybridized carbons (Fsp3) is 0.100. The summed E-state index contributed by atoms with van der Waals surface area (Å²) in [6, 6.07) is 5.59. The van der Waals surface area contributed by atoms with Crippen LogP contribution in [-0.4, -0.2) is 16.2 Å². The Kier molecular flexibility index (Phi) is 2.51.